The first-order valence-corrected chi connectivity index (χ1v) is 6.72. The molecule has 5 heteroatoms. The van der Waals surface area contributed by atoms with Crippen LogP contribution in [0.4, 0.5) is 0 Å². The molecular formula is C17H20ClNO3. The molecule has 0 fully saturated rings. The lowest BCUT2D eigenvalue weighted by Crippen LogP contribution is -2.50. The van der Waals surface area contributed by atoms with E-state index >= 15 is 0 Å². The summed E-state index contributed by atoms with van der Waals surface area (Å²) in [4.78, 5) is 10.7. The topological polar surface area (TPSA) is 72.5 Å². The minimum Gasteiger partial charge on any atom is -0.388 e. The first kappa shape index (κ1) is 18.3. The fraction of sp³-hybridized carbons (Fsp3) is 0.235. The highest BCUT2D eigenvalue weighted by Crippen LogP contribution is 2.26. The van der Waals surface area contributed by atoms with Crippen LogP contribution >= 0.6 is 12.4 Å². The largest absolute Gasteiger partial charge is 0.388 e. The van der Waals surface area contributed by atoms with Gasteiger partial charge in [0, 0.05) is 24.7 Å². The van der Waals surface area contributed by atoms with Crippen LogP contribution in [0.1, 0.15) is 21.5 Å². The standard InChI is InChI=1S/C17H19NO3.ClH/c1-21-17(18,15-9-7-14(12-19)8-10-15)16(20)11-13-5-3-2-4-6-13;/h2-10,12,16,20H,11,18H2,1H3;1H/t16-,17-;/m1./s1. The third kappa shape index (κ3) is 3.93. The van der Waals surface area contributed by atoms with Crippen LogP contribution in [0.5, 0.6) is 0 Å². The van der Waals surface area contributed by atoms with Crippen molar-refractivity contribution < 1.29 is 14.6 Å². The van der Waals surface area contributed by atoms with Crippen LogP contribution in [0, 0.1) is 0 Å². The first-order chi connectivity index (χ1) is 10.1. The zero-order valence-electron chi connectivity index (χ0n) is 12.3. The van der Waals surface area contributed by atoms with Gasteiger partial charge in [0.25, 0.3) is 0 Å². The minimum absolute atomic E-state index is 0. The predicted molar refractivity (Wildman–Crippen MR) is 88.1 cm³/mol. The maximum absolute atomic E-state index is 10.7. The van der Waals surface area contributed by atoms with Crippen LogP contribution in [-0.4, -0.2) is 24.6 Å². The number of hydrogen-bond acceptors (Lipinski definition) is 4. The SMILES string of the molecule is CO[C@](N)(c1ccc(C=O)cc1)[C@H](O)Cc1ccccc1.Cl. The van der Waals surface area contributed by atoms with Crippen molar-refractivity contribution >= 4 is 18.7 Å². The maximum Gasteiger partial charge on any atom is 0.168 e. The summed E-state index contributed by atoms with van der Waals surface area (Å²) in [5.74, 6) is 0. The highest BCUT2D eigenvalue weighted by atomic mass is 35.5. The lowest BCUT2D eigenvalue weighted by molar-refractivity contribution is -0.104. The Morgan fingerprint density at radius 1 is 1.18 bits per heavy atom. The summed E-state index contributed by atoms with van der Waals surface area (Å²) < 4.78 is 5.37. The smallest absolute Gasteiger partial charge is 0.168 e. The predicted octanol–water partition coefficient (Wildman–Crippen LogP) is 2.28. The summed E-state index contributed by atoms with van der Waals surface area (Å²) in [6.45, 7) is 0. The number of halogens is 1. The van der Waals surface area contributed by atoms with E-state index < -0.39 is 11.8 Å². The number of nitrogens with two attached hydrogens (primary N) is 1. The highest BCUT2D eigenvalue weighted by Gasteiger charge is 2.35. The average molecular weight is 322 g/mol. The van der Waals surface area contributed by atoms with E-state index in [1.54, 1.807) is 24.3 Å². The maximum atomic E-state index is 10.7. The molecule has 2 aromatic rings. The Balaban J connectivity index is 0.00000242. The molecule has 0 saturated heterocycles. The molecule has 0 amide bonds. The van der Waals surface area contributed by atoms with E-state index in [-0.39, 0.29) is 12.4 Å². The van der Waals surface area contributed by atoms with Crippen LogP contribution in [0.2, 0.25) is 0 Å². The van der Waals surface area contributed by atoms with Crippen LogP contribution in [-0.2, 0) is 16.9 Å². The van der Waals surface area contributed by atoms with Crippen molar-refractivity contribution in [1.82, 2.24) is 0 Å². The molecule has 0 heterocycles. The van der Waals surface area contributed by atoms with Gasteiger partial charge >= 0.3 is 0 Å². The summed E-state index contributed by atoms with van der Waals surface area (Å²) in [5, 5.41) is 10.5. The third-order valence-corrected chi connectivity index (χ3v) is 3.60. The molecule has 0 bridgehead atoms. The fourth-order valence-electron chi connectivity index (χ4n) is 2.26. The van der Waals surface area contributed by atoms with Crippen molar-refractivity contribution in [3.63, 3.8) is 0 Å². The molecule has 2 atom stereocenters. The minimum atomic E-state index is -1.32. The number of methoxy groups -OCH3 is 1. The van der Waals surface area contributed by atoms with Crippen molar-refractivity contribution in [1.29, 1.82) is 0 Å². The number of rotatable bonds is 6. The number of benzene rings is 2. The molecule has 0 aliphatic carbocycles. The Hall–Kier alpha value is -1.72. The second-order valence-corrected chi connectivity index (χ2v) is 4.94. The molecule has 0 saturated carbocycles. The molecule has 0 aliphatic heterocycles. The second-order valence-electron chi connectivity index (χ2n) is 4.94. The zero-order valence-corrected chi connectivity index (χ0v) is 13.1. The molecule has 4 nitrogen and oxygen atoms in total. The number of carbonyl (C=O) groups excluding carboxylic acids is 1. The van der Waals surface area contributed by atoms with Crippen LogP contribution in [0.15, 0.2) is 54.6 Å². The average Bonchev–Trinajstić information content (AvgIpc) is 2.55. The number of hydrogen-bond donors (Lipinski definition) is 2. The van der Waals surface area contributed by atoms with Crippen LogP contribution in [0.3, 0.4) is 0 Å². The molecule has 0 radical (unpaired) electrons. The van der Waals surface area contributed by atoms with Crippen molar-refractivity contribution in [2.24, 2.45) is 5.73 Å². The lowest BCUT2D eigenvalue weighted by Gasteiger charge is -2.33. The van der Waals surface area contributed by atoms with Crippen molar-refractivity contribution in [3.05, 3.63) is 71.3 Å². The summed E-state index contributed by atoms with van der Waals surface area (Å²) in [6, 6.07) is 16.3. The quantitative estimate of drug-likeness (QED) is 0.632. The van der Waals surface area contributed by atoms with Gasteiger partial charge in [-0.05, 0) is 5.56 Å². The van der Waals surface area contributed by atoms with Gasteiger partial charge in [-0.2, -0.15) is 0 Å². The molecule has 118 valence electrons. The van der Waals surface area contributed by atoms with E-state index in [4.69, 9.17) is 10.5 Å². The van der Waals surface area contributed by atoms with E-state index in [0.29, 0.717) is 17.5 Å². The summed E-state index contributed by atoms with van der Waals surface area (Å²) >= 11 is 0. The molecule has 0 aliphatic rings. The Labute approximate surface area is 136 Å². The molecule has 22 heavy (non-hydrogen) atoms. The fourth-order valence-corrected chi connectivity index (χ4v) is 2.26. The van der Waals surface area contributed by atoms with Gasteiger partial charge in [0.1, 0.15) is 12.4 Å². The van der Waals surface area contributed by atoms with Crippen LogP contribution in [0.25, 0.3) is 0 Å². The number of ether oxygens (including phenoxy) is 1. The number of aliphatic hydroxyl groups is 1. The monoisotopic (exact) mass is 321 g/mol. The Morgan fingerprint density at radius 2 is 1.77 bits per heavy atom. The van der Waals surface area contributed by atoms with Crippen molar-refractivity contribution in [3.8, 4) is 0 Å². The van der Waals surface area contributed by atoms with Gasteiger partial charge in [-0.1, -0.05) is 54.6 Å². The summed E-state index contributed by atoms with van der Waals surface area (Å²) in [6.07, 6.45) is 0.225. The summed E-state index contributed by atoms with van der Waals surface area (Å²) in [5.41, 5.74) is 7.07. The molecule has 0 unspecified atom stereocenters. The molecular weight excluding hydrogens is 302 g/mol. The van der Waals surface area contributed by atoms with Gasteiger partial charge in [-0.3, -0.25) is 10.5 Å². The van der Waals surface area contributed by atoms with Gasteiger partial charge in [0.05, 0.1) is 0 Å². The third-order valence-electron chi connectivity index (χ3n) is 3.60. The van der Waals surface area contributed by atoms with E-state index in [9.17, 15) is 9.90 Å². The van der Waals surface area contributed by atoms with Crippen molar-refractivity contribution in [2.45, 2.75) is 18.2 Å². The number of aliphatic hydroxyl groups excluding tert-OH is 1. The van der Waals surface area contributed by atoms with Crippen molar-refractivity contribution in [2.75, 3.05) is 7.11 Å². The molecule has 2 aromatic carbocycles. The second kappa shape index (κ2) is 8.06. The molecule has 3 N–H and O–H groups in total. The summed E-state index contributed by atoms with van der Waals surface area (Å²) in [7, 11) is 1.46. The van der Waals surface area contributed by atoms with E-state index in [1.807, 2.05) is 30.3 Å². The van der Waals surface area contributed by atoms with Gasteiger partial charge in [0.15, 0.2) is 5.72 Å². The Kier molecular flexibility index (Phi) is 6.71. The van der Waals surface area contributed by atoms with E-state index in [0.717, 1.165) is 11.8 Å². The lowest BCUT2D eigenvalue weighted by atomic mass is 9.92. The highest BCUT2D eigenvalue weighted by molar-refractivity contribution is 5.85. The van der Waals surface area contributed by atoms with E-state index in [1.165, 1.54) is 7.11 Å². The molecule has 2 rings (SSSR count). The Morgan fingerprint density at radius 3 is 2.27 bits per heavy atom. The first-order valence-electron chi connectivity index (χ1n) is 6.72. The van der Waals surface area contributed by atoms with Gasteiger partial charge in [-0.15, -0.1) is 12.4 Å². The van der Waals surface area contributed by atoms with Gasteiger partial charge in [0.2, 0.25) is 0 Å². The zero-order chi connectivity index (χ0) is 15.3. The molecule has 0 spiro atoms. The normalized spacial score (nSPS) is 14.5. The molecule has 0 aromatic heterocycles. The van der Waals surface area contributed by atoms with Gasteiger partial charge < -0.3 is 9.84 Å². The number of aldehydes is 1. The van der Waals surface area contributed by atoms with Gasteiger partial charge in [-0.25, -0.2) is 0 Å². The van der Waals surface area contributed by atoms with E-state index in [2.05, 4.69) is 0 Å². The Bertz CT molecular complexity index is 589. The van der Waals surface area contributed by atoms with Crippen LogP contribution < -0.4 is 5.73 Å². The number of carbonyl (C=O) groups is 1.